The third-order valence-corrected chi connectivity index (χ3v) is 3.55. The summed E-state index contributed by atoms with van der Waals surface area (Å²) in [6, 6.07) is 7.47. The minimum Gasteiger partial charge on any atom is -0.490 e. The lowest BCUT2D eigenvalue weighted by molar-refractivity contribution is 0.112. The Kier molecular flexibility index (Phi) is 4.96. The van der Waals surface area contributed by atoms with E-state index in [0.717, 1.165) is 16.7 Å². The number of aldehydes is 1. The summed E-state index contributed by atoms with van der Waals surface area (Å²) in [5.74, 6) is 1.24. The Bertz CT molecular complexity index is 588. The summed E-state index contributed by atoms with van der Waals surface area (Å²) in [6.45, 7) is 6.45. The Hall–Kier alpha value is -2.07. The summed E-state index contributed by atoms with van der Waals surface area (Å²) in [6.07, 6.45) is 2.50. The van der Waals surface area contributed by atoms with Crippen LogP contribution < -0.4 is 9.47 Å². The van der Waals surface area contributed by atoms with Crippen molar-refractivity contribution in [2.45, 2.75) is 6.92 Å². The van der Waals surface area contributed by atoms with Gasteiger partial charge in [0, 0.05) is 16.0 Å². The van der Waals surface area contributed by atoms with Crippen LogP contribution in [0.2, 0.25) is 0 Å². The topological polar surface area (TPSA) is 35.5 Å². The molecule has 2 rings (SSSR count). The second-order valence-corrected chi connectivity index (χ2v) is 4.97. The van der Waals surface area contributed by atoms with Gasteiger partial charge in [-0.15, -0.1) is 11.3 Å². The second kappa shape index (κ2) is 6.91. The minimum atomic E-state index is 0.388. The second-order valence-electron chi connectivity index (χ2n) is 4.02. The fourth-order valence-corrected chi connectivity index (χ4v) is 2.60. The Morgan fingerprint density at radius 1 is 1.35 bits per heavy atom. The van der Waals surface area contributed by atoms with Crippen LogP contribution in [-0.2, 0) is 0 Å². The quantitative estimate of drug-likeness (QED) is 0.566. The molecule has 0 fully saturated rings. The zero-order valence-electron chi connectivity index (χ0n) is 11.3. The molecule has 0 aliphatic heterocycles. The van der Waals surface area contributed by atoms with E-state index in [-0.39, 0.29) is 0 Å². The number of hydrogen-bond donors (Lipinski definition) is 0. The predicted molar refractivity (Wildman–Crippen MR) is 82.0 cm³/mol. The number of hydrogen-bond acceptors (Lipinski definition) is 4. The monoisotopic (exact) mass is 288 g/mol. The van der Waals surface area contributed by atoms with Crippen molar-refractivity contribution in [3.63, 3.8) is 0 Å². The van der Waals surface area contributed by atoms with Gasteiger partial charge in [0.15, 0.2) is 11.5 Å². The third-order valence-electron chi connectivity index (χ3n) is 2.65. The molecule has 0 saturated carbocycles. The predicted octanol–water partition coefficient (Wildman–Crippen LogP) is 4.19. The van der Waals surface area contributed by atoms with E-state index < -0.39 is 0 Å². The average molecular weight is 288 g/mol. The van der Waals surface area contributed by atoms with E-state index in [9.17, 15) is 4.79 Å². The van der Waals surface area contributed by atoms with Crippen molar-refractivity contribution >= 4 is 17.6 Å². The van der Waals surface area contributed by atoms with Crippen molar-refractivity contribution in [1.82, 2.24) is 0 Å². The molecule has 0 radical (unpaired) electrons. The van der Waals surface area contributed by atoms with Gasteiger partial charge in [0.05, 0.1) is 6.61 Å². The molecule has 0 unspecified atom stereocenters. The van der Waals surface area contributed by atoms with Crippen molar-refractivity contribution in [3.05, 3.63) is 47.9 Å². The molecule has 3 nitrogen and oxygen atoms in total. The third kappa shape index (κ3) is 3.08. The van der Waals surface area contributed by atoms with Gasteiger partial charge in [0.2, 0.25) is 0 Å². The molecular formula is C16H16O3S. The van der Waals surface area contributed by atoms with E-state index in [1.807, 2.05) is 30.5 Å². The van der Waals surface area contributed by atoms with Gasteiger partial charge >= 0.3 is 0 Å². The van der Waals surface area contributed by atoms with E-state index in [1.54, 1.807) is 23.5 Å². The molecule has 104 valence electrons. The molecule has 0 N–H and O–H groups in total. The molecule has 0 aliphatic carbocycles. The van der Waals surface area contributed by atoms with Gasteiger partial charge in [-0.05, 0) is 30.5 Å². The van der Waals surface area contributed by atoms with Gasteiger partial charge in [-0.1, -0.05) is 18.7 Å². The number of carbonyl (C=O) groups excluding carboxylic acids is 1. The van der Waals surface area contributed by atoms with Crippen molar-refractivity contribution in [2.75, 3.05) is 13.2 Å². The smallest absolute Gasteiger partial charge is 0.170 e. The normalized spacial score (nSPS) is 10.1. The van der Waals surface area contributed by atoms with Gasteiger partial charge in [-0.3, -0.25) is 4.79 Å². The van der Waals surface area contributed by atoms with Crippen LogP contribution in [0.3, 0.4) is 0 Å². The highest BCUT2D eigenvalue weighted by atomic mass is 32.1. The zero-order chi connectivity index (χ0) is 14.4. The lowest BCUT2D eigenvalue weighted by atomic mass is 10.1. The summed E-state index contributed by atoms with van der Waals surface area (Å²) in [4.78, 5) is 12.1. The maximum atomic E-state index is 11.1. The van der Waals surface area contributed by atoms with Gasteiger partial charge in [-0.25, -0.2) is 0 Å². The number of rotatable bonds is 7. The van der Waals surface area contributed by atoms with Crippen molar-refractivity contribution in [3.8, 4) is 21.9 Å². The summed E-state index contributed by atoms with van der Waals surface area (Å²) in [7, 11) is 0. The summed E-state index contributed by atoms with van der Waals surface area (Å²) in [5, 5.41) is 1.99. The zero-order valence-corrected chi connectivity index (χ0v) is 12.1. The molecule has 20 heavy (non-hydrogen) atoms. The molecule has 2 aromatic rings. The first-order chi connectivity index (χ1) is 9.80. The average Bonchev–Trinajstić information content (AvgIpc) is 2.99. The first-order valence-electron chi connectivity index (χ1n) is 6.33. The van der Waals surface area contributed by atoms with Gasteiger partial charge < -0.3 is 9.47 Å². The van der Waals surface area contributed by atoms with Crippen molar-refractivity contribution in [2.24, 2.45) is 0 Å². The Morgan fingerprint density at radius 2 is 2.20 bits per heavy atom. The number of benzene rings is 1. The van der Waals surface area contributed by atoms with Crippen LogP contribution in [0, 0.1) is 0 Å². The molecule has 0 aliphatic rings. The van der Waals surface area contributed by atoms with Crippen LogP contribution in [0.5, 0.6) is 11.5 Å². The fourth-order valence-electron chi connectivity index (χ4n) is 1.86. The highest BCUT2D eigenvalue weighted by molar-refractivity contribution is 7.13. The van der Waals surface area contributed by atoms with Crippen molar-refractivity contribution in [1.29, 1.82) is 0 Å². The van der Waals surface area contributed by atoms with Gasteiger partial charge in [0.25, 0.3) is 0 Å². The molecular weight excluding hydrogens is 272 g/mol. The van der Waals surface area contributed by atoms with E-state index in [0.29, 0.717) is 30.3 Å². The first kappa shape index (κ1) is 14.3. The molecule has 0 amide bonds. The van der Waals surface area contributed by atoms with Crippen LogP contribution in [0.1, 0.15) is 17.3 Å². The molecule has 1 aromatic heterocycles. The molecule has 4 heteroatoms. The van der Waals surface area contributed by atoms with Crippen LogP contribution >= 0.6 is 11.3 Å². The van der Waals surface area contributed by atoms with E-state index >= 15 is 0 Å². The molecule has 0 atom stereocenters. The van der Waals surface area contributed by atoms with Crippen LogP contribution in [-0.4, -0.2) is 19.5 Å². The number of thiophene rings is 1. The SMILES string of the molecule is C=CCOc1c(OCC)cc(C=O)cc1-c1cccs1. The van der Waals surface area contributed by atoms with E-state index in [4.69, 9.17) is 9.47 Å². The summed E-state index contributed by atoms with van der Waals surface area (Å²) < 4.78 is 11.3. The molecule has 1 aromatic carbocycles. The molecule has 1 heterocycles. The Balaban J connectivity index is 2.57. The van der Waals surface area contributed by atoms with E-state index in [1.165, 1.54) is 0 Å². The first-order valence-corrected chi connectivity index (χ1v) is 7.21. The summed E-state index contributed by atoms with van der Waals surface area (Å²) in [5.41, 5.74) is 1.44. The lowest BCUT2D eigenvalue weighted by Gasteiger charge is -2.15. The number of carbonyl (C=O) groups is 1. The highest BCUT2D eigenvalue weighted by Crippen LogP contribution is 2.41. The largest absolute Gasteiger partial charge is 0.490 e. The molecule has 0 spiro atoms. The van der Waals surface area contributed by atoms with Crippen molar-refractivity contribution < 1.29 is 14.3 Å². The maximum absolute atomic E-state index is 11.1. The molecule has 0 bridgehead atoms. The van der Waals surface area contributed by atoms with Crippen LogP contribution in [0.15, 0.2) is 42.3 Å². The minimum absolute atomic E-state index is 0.388. The summed E-state index contributed by atoms with van der Waals surface area (Å²) >= 11 is 1.59. The number of ether oxygens (including phenoxy) is 2. The van der Waals surface area contributed by atoms with Crippen LogP contribution in [0.25, 0.3) is 10.4 Å². The maximum Gasteiger partial charge on any atom is 0.170 e. The van der Waals surface area contributed by atoms with Gasteiger partial charge in [0.1, 0.15) is 12.9 Å². The van der Waals surface area contributed by atoms with Crippen LogP contribution in [0.4, 0.5) is 0 Å². The standard InChI is InChI=1S/C16H16O3S/c1-3-7-19-16-13(15-6-5-8-20-15)9-12(11-17)10-14(16)18-4-2/h3,5-6,8-11H,1,4,7H2,2H3. The van der Waals surface area contributed by atoms with E-state index in [2.05, 4.69) is 6.58 Å². The molecule has 0 saturated heterocycles. The Morgan fingerprint density at radius 3 is 2.80 bits per heavy atom. The van der Waals surface area contributed by atoms with Gasteiger partial charge in [-0.2, -0.15) is 0 Å². The lowest BCUT2D eigenvalue weighted by Crippen LogP contribution is -2.01. The fraction of sp³-hybridized carbons (Fsp3) is 0.188. The Labute approximate surface area is 122 Å². The highest BCUT2D eigenvalue weighted by Gasteiger charge is 2.15.